The third-order valence-electron chi connectivity index (χ3n) is 5.07. The van der Waals surface area contributed by atoms with Gasteiger partial charge in [-0.15, -0.1) is 0 Å². The van der Waals surface area contributed by atoms with E-state index in [0.29, 0.717) is 5.92 Å². The van der Waals surface area contributed by atoms with Crippen LogP contribution in [-0.2, 0) is 5.54 Å². The van der Waals surface area contributed by atoms with Gasteiger partial charge in [0.15, 0.2) is 0 Å². The molecule has 0 saturated heterocycles. The highest BCUT2D eigenvalue weighted by Crippen LogP contribution is 2.44. The quantitative estimate of drug-likeness (QED) is 0.383. The van der Waals surface area contributed by atoms with Gasteiger partial charge in [-0.2, -0.15) is 0 Å². The molecule has 0 aromatic heterocycles. The van der Waals surface area contributed by atoms with Crippen molar-refractivity contribution in [3.05, 3.63) is 71.8 Å². The maximum Gasteiger partial charge on any atom is 0.0804 e. The van der Waals surface area contributed by atoms with E-state index in [9.17, 15) is 0 Å². The normalized spacial score (nSPS) is 17.1. The molecule has 2 heteroatoms. The summed E-state index contributed by atoms with van der Waals surface area (Å²) in [5.74, 6) is 0.650. The Morgan fingerprint density at radius 1 is 0.727 bits per heavy atom. The molecule has 1 saturated carbocycles. The lowest BCUT2D eigenvalue weighted by molar-refractivity contribution is 0.280. The molecule has 1 aliphatic rings. The van der Waals surface area contributed by atoms with Crippen LogP contribution in [0.25, 0.3) is 0 Å². The SMILES string of the molecule is INC(c1ccccc1)(c1ccccc1)C1CCCCCC1. The van der Waals surface area contributed by atoms with Gasteiger partial charge in [0, 0.05) is 22.9 Å². The van der Waals surface area contributed by atoms with Crippen molar-refractivity contribution in [3.8, 4) is 0 Å². The lowest BCUT2D eigenvalue weighted by Gasteiger charge is -2.41. The molecular weight excluding hydrogens is 381 g/mol. The number of hydrogen-bond donors (Lipinski definition) is 1. The largest absolute Gasteiger partial charge is 0.246 e. The van der Waals surface area contributed by atoms with Crippen molar-refractivity contribution in [3.63, 3.8) is 0 Å². The van der Waals surface area contributed by atoms with Gasteiger partial charge in [-0.05, 0) is 29.9 Å². The Labute approximate surface area is 148 Å². The number of benzene rings is 2. The Balaban J connectivity index is 2.11. The molecule has 0 bridgehead atoms. The van der Waals surface area contributed by atoms with Gasteiger partial charge in [0.1, 0.15) is 0 Å². The van der Waals surface area contributed by atoms with Gasteiger partial charge in [-0.3, -0.25) is 0 Å². The smallest absolute Gasteiger partial charge is 0.0804 e. The summed E-state index contributed by atoms with van der Waals surface area (Å²) in [4.78, 5) is 0. The molecule has 0 aliphatic heterocycles. The van der Waals surface area contributed by atoms with Crippen molar-refractivity contribution in [2.24, 2.45) is 5.92 Å². The predicted molar refractivity (Wildman–Crippen MR) is 102 cm³/mol. The van der Waals surface area contributed by atoms with Crippen LogP contribution in [0.1, 0.15) is 49.7 Å². The van der Waals surface area contributed by atoms with E-state index in [1.54, 1.807) is 0 Å². The molecule has 1 N–H and O–H groups in total. The first-order chi connectivity index (χ1) is 10.9. The molecule has 0 radical (unpaired) electrons. The molecule has 0 spiro atoms. The summed E-state index contributed by atoms with van der Waals surface area (Å²) in [6.07, 6.45) is 8.09. The van der Waals surface area contributed by atoms with E-state index >= 15 is 0 Å². The molecule has 22 heavy (non-hydrogen) atoms. The molecule has 1 aliphatic carbocycles. The van der Waals surface area contributed by atoms with Crippen LogP contribution in [0.4, 0.5) is 0 Å². The summed E-state index contributed by atoms with van der Waals surface area (Å²) in [6, 6.07) is 22.0. The van der Waals surface area contributed by atoms with E-state index in [4.69, 9.17) is 0 Å². The fourth-order valence-electron chi connectivity index (χ4n) is 3.94. The van der Waals surface area contributed by atoms with E-state index < -0.39 is 0 Å². The second-order valence-corrected chi connectivity index (χ2v) is 6.86. The first-order valence-corrected chi connectivity index (χ1v) is 9.44. The van der Waals surface area contributed by atoms with Crippen LogP contribution >= 0.6 is 22.9 Å². The molecule has 0 amide bonds. The summed E-state index contributed by atoms with van der Waals surface area (Å²) in [6.45, 7) is 0. The second kappa shape index (κ2) is 7.60. The summed E-state index contributed by atoms with van der Waals surface area (Å²) in [7, 11) is 0. The zero-order valence-corrected chi connectivity index (χ0v) is 15.1. The van der Waals surface area contributed by atoms with Gasteiger partial charge >= 0.3 is 0 Å². The van der Waals surface area contributed by atoms with Crippen molar-refractivity contribution in [1.82, 2.24) is 3.53 Å². The lowest BCUT2D eigenvalue weighted by atomic mass is 9.71. The first-order valence-electron chi connectivity index (χ1n) is 8.37. The van der Waals surface area contributed by atoms with Gasteiger partial charge in [0.2, 0.25) is 0 Å². The molecule has 0 unspecified atom stereocenters. The molecule has 1 fully saturated rings. The van der Waals surface area contributed by atoms with Gasteiger partial charge in [0.05, 0.1) is 5.54 Å². The number of halogens is 1. The molecule has 116 valence electrons. The Kier molecular flexibility index (Phi) is 5.53. The van der Waals surface area contributed by atoms with Crippen LogP contribution in [0.2, 0.25) is 0 Å². The monoisotopic (exact) mass is 405 g/mol. The first kappa shape index (κ1) is 16.0. The van der Waals surface area contributed by atoms with Crippen LogP contribution in [0, 0.1) is 5.92 Å². The molecule has 3 rings (SSSR count). The second-order valence-electron chi connectivity index (χ2n) is 6.32. The highest BCUT2D eigenvalue weighted by atomic mass is 127. The molecule has 2 aromatic carbocycles. The summed E-state index contributed by atoms with van der Waals surface area (Å²) in [5.41, 5.74) is 2.71. The van der Waals surface area contributed by atoms with Crippen molar-refractivity contribution in [2.45, 2.75) is 44.1 Å². The Bertz CT molecular complexity index is 519. The Hall–Kier alpha value is -0.870. The van der Waals surface area contributed by atoms with Crippen LogP contribution in [0.15, 0.2) is 60.7 Å². The zero-order chi connectivity index (χ0) is 15.3. The average Bonchev–Trinajstić information content (AvgIpc) is 2.88. The molecule has 0 heterocycles. The van der Waals surface area contributed by atoms with Crippen molar-refractivity contribution >= 4 is 22.9 Å². The molecule has 0 atom stereocenters. The van der Waals surface area contributed by atoms with Crippen LogP contribution < -0.4 is 3.53 Å². The fraction of sp³-hybridized carbons (Fsp3) is 0.400. The zero-order valence-electron chi connectivity index (χ0n) is 13.0. The topological polar surface area (TPSA) is 12.0 Å². The van der Waals surface area contributed by atoms with Crippen molar-refractivity contribution < 1.29 is 0 Å². The summed E-state index contributed by atoms with van der Waals surface area (Å²) in [5, 5.41) is 0. The van der Waals surface area contributed by atoms with Crippen molar-refractivity contribution in [1.29, 1.82) is 0 Å². The third-order valence-corrected chi connectivity index (χ3v) is 5.93. The van der Waals surface area contributed by atoms with E-state index in [2.05, 4.69) is 87.1 Å². The fourth-order valence-corrected chi connectivity index (χ4v) is 5.00. The van der Waals surface area contributed by atoms with Gasteiger partial charge in [-0.25, -0.2) is 3.53 Å². The highest BCUT2D eigenvalue weighted by Gasteiger charge is 2.41. The van der Waals surface area contributed by atoms with Gasteiger partial charge in [-0.1, -0.05) is 86.3 Å². The third kappa shape index (κ3) is 3.09. The Morgan fingerprint density at radius 3 is 1.59 bits per heavy atom. The minimum atomic E-state index is -0.0760. The Morgan fingerprint density at radius 2 is 1.18 bits per heavy atom. The van der Waals surface area contributed by atoms with Crippen LogP contribution in [0.3, 0.4) is 0 Å². The van der Waals surface area contributed by atoms with E-state index in [1.807, 2.05) is 0 Å². The van der Waals surface area contributed by atoms with Crippen molar-refractivity contribution in [2.75, 3.05) is 0 Å². The number of nitrogens with one attached hydrogen (secondary N) is 1. The maximum atomic E-state index is 3.72. The van der Waals surface area contributed by atoms with E-state index in [0.717, 1.165) is 0 Å². The lowest BCUT2D eigenvalue weighted by Crippen LogP contribution is -2.45. The molecular formula is C20H24IN. The number of hydrogen-bond acceptors (Lipinski definition) is 1. The maximum absolute atomic E-state index is 3.72. The molecule has 1 nitrogen and oxygen atoms in total. The average molecular weight is 405 g/mol. The predicted octanol–water partition coefficient (Wildman–Crippen LogP) is 5.84. The van der Waals surface area contributed by atoms with E-state index in [1.165, 1.54) is 49.7 Å². The summed E-state index contributed by atoms with van der Waals surface area (Å²) < 4.78 is 3.72. The molecule has 2 aromatic rings. The van der Waals surface area contributed by atoms with Gasteiger partial charge < -0.3 is 0 Å². The van der Waals surface area contributed by atoms with Crippen LogP contribution in [0.5, 0.6) is 0 Å². The van der Waals surface area contributed by atoms with Crippen LogP contribution in [-0.4, -0.2) is 0 Å². The summed E-state index contributed by atoms with van der Waals surface area (Å²) >= 11 is 2.37. The van der Waals surface area contributed by atoms with Gasteiger partial charge in [0.25, 0.3) is 0 Å². The minimum absolute atomic E-state index is 0.0760. The minimum Gasteiger partial charge on any atom is -0.246 e. The van der Waals surface area contributed by atoms with E-state index in [-0.39, 0.29) is 5.54 Å². The highest BCUT2D eigenvalue weighted by molar-refractivity contribution is 14.1. The standard InChI is InChI=1S/C20H24IN/c21-22-20(18-13-7-3-8-14-18,19-15-9-4-10-16-19)17-11-5-1-2-6-12-17/h3-4,7-10,13-17,22H,1-2,5-6,11-12H2. The number of rotatable bonds is 4.